The van der Waals surface area contributed by atoms with Gasteiger partial charge in [-0.1, -0.05) is 18.6 Å². The maximum Gasteiger partial charge on any atom is 0.227 e. The summed E-state index contributed by atoms with van der Waals surface area (Å²) in [6.07, 6.45) is 5.36. The van der Waals surface area contributed by atoms with E-state index in [2.05, 4.69) is 5.10 Å². The van der Waals surface area contributed by atoms with Crippen LogP contribution < -0.4 is 4.74 Å². The van der Waals surface area contributed by atoms with E-state index in [4.69, 9.17) is 4.74 Å². The summed E-state index contributed by atoms with van der Waals surface area (Å²) in [5.74, 6) is 0.838. The zero-order valence-electron chi connectivity index (χ0n) is 15.9. The Morgan fingerprint density at radius 3 is 2.81 bits per heavy atom. The molecule has 0 radical (unpaired) electrons. The molecule has 0 bridgehead atoms. The smallest absolute Gasteiger partial charge is 0.227 e. The number of hydrogen-bond acceptors (Lipinski definition) is 4. The Labute approximate surface area is 159 Å². The van der Waals surface area contributed by atoms with Gasteiger partial charge in [0.05, 0.1) is 24.4 Å². The number of nitrogens with zero attached hydrogens (tertiary/aromatic N) is 3. The molecule has 0 aliphatic carbocycles. The number of carbonyl (C=O) groups excluding carboxylic acids is 2. The van der Waals surface area contributed by atoms with E-state index in [-0.39, 0.29) is 17.6 Å². The number of carbonyl (C=O) groups is 2. The first-order valence-corrected chi connectivity index (χ1v) is 9.55. The minimum Gasteiger partial charge on any atom is -0.486 e. The Morgan fingerprint density at radius 2 is 2.11 bits per heavy atom. The van der Waals surface area contributed by atoms with E-state index in [1.807, 2.05) is 49.2 Å². The lowest BCUT2D eigenvalue weighted by Crippen LogP contribution is -2.53. The molecule has 2 aliphatic heterocycles. The van der Waals surface area contributed by atoms with E-state index in [1.165, 1.54) is 0 Å². The van der Waals surface area contributed by atoms with Crippen molar-refractivity contribution in [3.63, 3.8) is 0 Å². The predicted octanol–water partition coefficient (Wildman–Crippen LogP) is 2.85. The average molecular weight is 367 g/mol. The largest absolute Gasteiger partial charge is 0.486 e. The second kappa shape index (κ2) is 6.83. The Hall–Kier alpha value is -2.63. The second-order valence-corrected chi connectivity index (χ2v) is 7.84. The summed E-state index contributed by atoms with van der Waals surface area (Å²) >= 11 is 0. The summed E-state index contributed by atoms with van der Waals surface area (Å²) < 4.78 is 8.07. The number of benzene rings is 1. The molecule has 0 saturated carbocycles. The van der Waals surface area contributed by atoms with Gasteiger partial charge in [-0.15, -0.1) is 0 Å². The van der Waals surface area contributed by atoms with Crippen molar-refractivity contribution in [1.82, 2.24) is 14.7 Å². The summed E-state index contributed by atoms with van der Waals surface area (Å²) in [4.78, 5) is 27.3. The maximum atomic E-state index is 12.8. The van der Waals surface area contributed by atoms with E-state index in [9.17, 15) is 9.59 Å². The minimum absolute atomic E-state index is 0.128. The van der Waals surface area contributed by atoms with E-state index in [1.54, 1.807) is 10.9 Å². The molecule has 4 rings (SSSR count). The number of aryl methyl sites for hydroxylation is 1. The Balaban J connectivity index is 1.40. The van der Waals surface area contributed by atoms with Crippen LogP contribution in [0.5, 0.6) is 5.75 Å². The number of ether oxygens (including phenoxy) is 1. The molecule has 1 amide bonds. The number of ketones is 1. The van der Waals surface area contributed by atoms with Crippen LogP contribution >= 0.6 is 0 Å². The number of hydrogen-bond donors (Lipinski definition) is 0. The van der Waals surface area contributed by atoms with Gasteiger partial charge in [0.25, 0.3) is 0 Å². The topological polar surface area (TPSA) is 64.4 Å². The van der Waals surface area contributed by atoms with Gasteiger partial charge in [0.15, 0.2) is 5.78 Å². The van der Waals surface area contributed by atoms with Crippen molar-refractivity contribution < 1.29 is 14.3 Å². The van der Waals surface area contributed by atoms with Crippen molar-refractivity contribution in [2.75, 3.05) is 13.1 Å². The summed E-state index contributed by atoms with van der Waals surface area (Å²) in [6.45, 7) is 5.74. The molecule has 6 nitrogen and oxygen atoms in total. The zero-order valence-corrected chi connectivity index (χ0v) is 15.9. The zero-order chi connectivity index (χ0) is 19.0. The van der Waals surface area contributed by atoms with Crippen LogP contribution in [0.1, 0.15) is 42.1 Å². The molecule has 2 aliphatic rings. The highest BCUT2D eigenvalue weighted by Crippen LogP contribution is 2.39. The van der Waals surface area contributed by atoms with E-state index in [0.29, 0.717) is 50.2 Å². The molecule has 1 aromatic heterocycles. The fourth-order valence-electron chi connectivity index (χ4n) is 4.10. The van der Waals surface area contributed by atoms with Crippen LogP contribution in [0.15, 0.2) is 36.7 Å². The van der Waals surface area contributed by atoms with E-state index >= 15 is 0 Å². The van der Waals surface area contributed by atoms with E-state index in [0.717, 1.165) is 5.56 Å². The normalized spacial score (nSPS) is 19.5. The third kappa shape index (κ3) is 3.48. The first-order chi connectivity index (χ1) is 13.0. The second-order valence-electron chi connectivity index (χ2n) is 7.84. The SMILES string of the molecule is Cc1ccc2c(c1)C(=O)CC1(CCN(C(=O)C(C)Cn3cccn3)CC1)O2. The van der Waals surface area contributed by atoms with Crippen molar-refractivity contribution in [3.8, 4) is 5.75 Å². The molecular weight excluding hydrogens is 342 g/mol. The van der Waals surface area contributed by atoms with Crippen molar-refractivity contribution in [2.45, 2.75) is 45.3 Å². The molecule has 1 saturated heterocycles. The quantitative estimate of drug-likeness (QED) is 0.837. The average Bonchev–Trinajstić information content (AvgIpc) is 3.15. The number of amides is 1. The van der Waals surface area contributed by atoms with Crippen molar-refractivity contribution in [1.29, 1.82) is 0 Å². The molecule has 27 heavy (non-hydrogen) atoms. The van der Waals surface area contributed by atoms with Crippen LogP contribution in [0.4, 0.5) is 0 Å². The van der Waals surface area contributed by atoms with E-state index < -0.39 is 5.60 Å². The summed E-state index contributed by atoms with van der Waals surface area (Å²) in [5.41, 5.74) is 1.28. The first-order valence-electron chi connectivity index (χ1n) is 9.55. The Kier molecular flexibility index (Phi) is 4.50. The maximum absolute atomic E-state index is 12.8. The molecule has 142 valence electrons. The van der Waals surface area contributed by atoms with Gasteiger partial charge in [0, 0.05) is 38.3 Å². The molecule has 3 heterocycles. The highest BCUT2D eigenvalue weighted by atomic mass is 16.5. The van der Waals surface area contributed by atoms with Crippen LogP contribution in [0.2, 0.25) is 0 Å². The highest BCUT2D eigenvalue weighted by molar-refractivity contribution is 6.00. The van der Waals surface area contributed by atoms with Crippen LogP contribution in [-0.2, 0) is 11.3 Å². The number of rotatable bonds is 3. The number of aromatic nitrogens is 2. The summed E-state index contributed by atoms with van der Waals surface area (Å²) in [7, 11) is 0. The van der Waals surface area contributed by atoms with Gasteiger partial charge in [-0.05, 0) is 25.1 Å². The lowest BCUT2D eigenvalue weighted by atomic mass is 9.82. The molecule has 0 N–H and O–H groups in total. The number of Topliss-reactive ketones (excluding diaryl/α,β-unsaturated/α-hetero) is 1. The third-order valence-electron chi connectivity index (χ3n) is 5.67. The van der Waals surface area contributed by atoms with Gasteiger partial charge >= 0.3 is 0 Å². The van der Waals surface area contributed by atoms with Gasteiger partial charge < -0.3 is 9.64 Å². The van der Waals surface area contributed by atoms with Crippen LogP contribution in [0, 0.1) is 12.8 Å². The number of likely N-dealkylation sites (tertiary alicyclic amines) is 1. The summed E-state index contributed by atoms with van der Waals surface area (Å²) in [6, 6.07) is 7.63. The Morgan fingerprint density at radius 1 is 1.33 bits per heavy atom. The third-order valence-corrected chi connectivity index (χ3v) is 5.67. The van der Waals surface area contributed by atoms with Gasteiger partial charge in [-0.3, -0.25) is 14.3 Å². The van der Waals surface area contributed by atoms with Gasteiger partial charge in [0.1, 0.15) is 11.4 Å². The standard InChI is InChI=1S/C21H25N3O3/c1-15-4-5-19-17(12-15)18(25)13-21(27-19)6-10-23(11-7-21)20(26)16(2)14-24-9-3-8-22-24/h3-5,8-9,12,16H,6-7,10-11,13-14H2,1-2H3. The van der Waals surface area contributed by atoms with Crippen LogP contribution in [-0.4, -0.2) is 45.1 Å². The van der Waals surface area contributed by atoms with Crippen molar-refractivity contribution in [2.24, 2.45) is 5.92 Å². The van der Waals surface area contributed by atoms with Crippen LogP contribution in [0.25, 0.3) is 0 Å². The lowest BCUT2D eigenvalue weighted by molar-refractivity contribution is -0.139. The Bertz CT molecular complexity index is 852. The molecule has 1 atom stereocenters. The fraction of sp³-hybridized carbons (Fsp3) is 0.476. The predicted molar refractivity (Wildman–Crippen MR) is 101 cm³/mol. The molecule has 1 fully saturated rings. The highest BCUT2D eigenvalue weighted by Gasteiger charge is 2.44. The summed E-state index contributed by atoms with van der Waals surface area (Å²) in [5, 5.41) is 4.18. The van der Waals surface area contributed by atoms with Crippen molar-refractivity contribution >= 4 is 11.7 Å². The first kappa shape index (κ1) is 17.8. The molecule has 2 aromatic rings. The monoisotopic (exact) mass is 367 g/mol. The number of fused-ring (bicyclic) bond motifs is 1. The van der Waals surface area contributed by atoms with Gasteiger partial charge in [0.2, 0.25) is 5.91 Å². The fourth-order valence-corrected chi connectivity index (χ4v) is 4.10. The molecule has 1 aromatic carbocycles. The van der Waals surface area contributed by atoms with Gasteiger partial charge in [-0.2, -0.15) is 5.10 Å². The molecule has 1 spiro atoms. The molecule has 1 unspecified atom stereocenters. The van der Waals surface area contributed by atoms with Gasteiger partial charge in [-0.25, -0.2) is 0 Å². The molecule has 6 heteroatoms. The van der Waals surface area contributed by atoms with Crippen LogP contribution in [0.3, 0.4) is 0 Å². The molecular formula is C21H25N3O3. The minimum atomic E-state index is -0.471. The lowest BCUT2D eigenvalue weighted by Gasteiger charge is -2.44. The van der Waals surface area contributed by atoms with Crippen molar-refractivity contribution in [3.05, 3.63) is 47.8 Å². The number of piperidine rings is 1.